The Balaban J connectivity index is 1.56. The lowest BCUT2D eigenvalue weighted by molar-refractivity contribution is -0.131. The Labute approximate surface area is 152 Å². The van der Waals surface area contributed by atoms with E-state index >= 15 is 0 Å². The summed E-state index contributed by atoms with van der Waals surface area (Å²) in [4.78, 5) is 35.8. The van der Waals surface area contributed by atoms with Crippen LogP contribution in [-0.2, 0) is 17.9 Å². The van der Waals surface area contributed by atoms with Gasteiger partial charge in [-0.2, -0.15) is 0 Å². The number of nitrogens with zero attached hydrogens (tertiary/aromatic N) is 5. The van der Waals surface area contributed by atoms with Crippen molar-refractivity contribution in [1.29, 1.82) is 0 Å². The molecule has 1 atom stereocenters. The van der Waals surface area contributed by atoms with Crippen LogP contribution in [0.3, 0.4) is 0 Å². The molecule has 0 aromatic carbocycles. The fourth-order valence-electron chi connectivity index (χ4n) is 2.94. The standard InChI is InChI=1S/C18H23N5O3/c1-21(2)11-14-10-15(4-7-19-14)26-16-5-9-22(12-16)17(24)13-23-8-3-6-20-18(23)25/h3-4,6-8,10,16H,5,9,11-13H2,1-2H3. The monoisotopic (exact) mass is 357 g/mol. The zero-order valence-corrected chi connectivity index (χ0v) is 15.0. The van der Waals surface area contributed by atoms with Gasteiger partial charge in [0, 0.05) is 44.2 Å². The van der Waals surface area contributed by atoms with Crippen LogP contribution in [0.5, 0.6) is 5.75 Å². The lowest BCUT2D eigenvalue weighted by atomic mass is 10.3. The highest BCUT2D eigenvalue weighted by molar-refractivity contribution is 5.76. The minimum Gasteiger partial charge on any atom is -0.488 e. The Kier molecular flexibility index (Phi) is 5.62. The molecule has 1 fully saturated rings. The molecular formula is C18H23N5O3. The van der Waals surface area contributed by atoms with Gasteiger partial charge in [0.25, 0.3) is 0 Å². The van der Waals surface area contributed by atoms with Gasteiger partial charge in [-0.05, 0) is 26.2 Å². The van der Waals surface area contributed by atoms with E-state index in [-0.39, 0.29) is 18.6 Å². The van der Waals surface area contributed by atoms with Crippen molar-refractivity contribution in [3.63, 3.8) is 0 Å². The third kappa shape index (κ3) is 4.66. The molecule has 2 aromatic rings. The van der Waals surface area contributed by atoms with E-state index < -0.39 is 5.69 Å². The van der Waals surface area contributed by atoms with Gasteiger partial charge in [0.15, 0.2) is 0 Å². The second-order valence-electron chi connectivity index (χ2n) is 6.62. The highest BCUT2D eigenvalue weighted by Gasteiger charge is 2.27. The van der Waals surface area contributed by atoms with Gasteiger partial charge in [-0.15, -0.1) is 0 Å². The van der Waals surface area contributed by atoms with Crippen molar-refractivity contribution >= 4 is 5.91 Å². The van der Waals surface area contributed by atoms with Crippen molar-refractivity contribution in [3.05, 3.63) is 53.0 Å². The maximum atomic E-state index is 12.4. The second kappa shape index (κ2) is 8.09. The molecule has 1 aliphatic rings. The van der Waals surface area contributed by atoms with E-state index in [1.807, 2.05) is 31.1 Å². The maximum absolute atomic E-state index is 12.4. The highest BCUT2D eigenvalue weighted by Crippen LogP contribution is 2.19. The number of hydrogen-bond acceptors (Lipinski definition) is 6. The van der Waals surface area contributed by atoms with Gasteiger partial charge in [0.2, 0.25) is 5.91 Å². The van der Waals surface area contributed by atoms with Crippen LogP contribution < -0.4 is 10.4 Å². The average molecular weight is 357 g/mol. The number of ether oxygens (including phenoxy) is 1. The predicted molar refractivity (Wildman–Crippen MR) is 95.7 cm³/mol. The first-order valence-corrected chi connectivity index (χ1v) is 8.57. The first kappa shape index (κ1) is 18.1. The lowest BCUT2D eigenvalue weighted by Gasteiger charge is -2.18. The maximum Gasteiger partial charge on any atom is 0.347 e. The summed E-state index contributed by atoms with van der Waals surface area (Å²) in [5.41, 5.74) is 0.521. The molecule has 0 radical (unpaired) electrons. The summed E-state index contributed by atoms with van der Waals surface area (Å²) in [5.74, 6) is 0.661. The van der Waals surface area contributed by atoms with E-state index in [4.69, 9.17) is 4.74 Å². The molecular weight excluding hydrogens is 334 g/mol. The third-order valence-electron chi connectivity index (χ3n) is 4.16. The summed E-state index contributed by atoms with van der Waals surface area (Å²) in [6.07, 6.45) is 5.43. The van der Waals surface area contributed by atoms with Gasteiger partial charge >= 0.3 is 5.69 Å². The van der Waals surface area contributed by atoms with Crippen molar-refractivity contribution in [2.24, 2.45) is 0 Å². The number of carbonyl (C=O) groups is 1. The van der Waals surface area contributed by atoms with Gasteiger partial charge in [0.1, 0.15) is 18.4 Å². The van der Waals surface area contributed by atoms with Crippen molar-refractivity contribution in [2.75, 3.05) is 27.2 Å². The van der Waals surface area contributed by atoms with Crippen molar-refractivity contribution in [2.45, 2.75) is 25.6 Å². The van der Waals surface area contributed by atoms with E-state index in [1.54, 1.807) is 23.4 Å². The third-order valence-corrected chi connectivity index (χ3v) is 4.16. The average Bonchev–Trinajstić information content (AvgIpc) is 3.05. The second-order valence-corrected chi connectivity index (χ2v) is 6.62. The molecule has 0 N–H and O–H groups in total. The molecule has 1 unspecified atom stereocenters. The minimum atomic E-state index is -0.418. The molecule has 0 saturated carbocycles. The Morgan fingerprint density at radius 1 is 1.35 bits per heavy atom. The summed E-state index contributed by atoms with van der Waals surface area (Å²) in [6.45, 7) is 1.88. The van der Waals surface area contributed by atoms with Crippen molar-refractivity contribution in [1.82, 2.24) is 24.3 Å². The Morgan fingerprint density at radius 2 is 2.19 bits per heavy atom. The van der Waals surface area contributed by atoms with E-state index in [9.17, 15) is 9.59 Å². The van der Waals surface area contributed by atoms with Crippen LogP contribution in [0.1, 0.15) is 12.1 Å². The number of rotatable bonds is 6. The fourth-order valence-corrected chi connectivity index (χ4v) is 2.94. The Hall–Kier alpha value is -2.74. The zero-order chi connectivity index (χ0) is 18.5. The molecule has 0 spiro atoms. The predicted octanol–water partition coefficient (Wildman–Crippen LogP) is 0.380. The van der Waals surface area contributed by atoms with Gasteiger partial charge in [-0.3, -0.25) is 14.3 Å². The molecule has 26 heavy (non-hydrogen) atoms. The molecule has 3 heterocycles. The first-order valence-electron chi connectivity index (χ1n) is 8.57. The SMILES string of the molecule is CN(C)Cc1cc(OC2CCN(C(=O)Cn3cccnc3=O)C2)ccn1. The summed E-state index contributed by atoms with van der Waals surface area (Å²) < 4.78 is 7.33. The first-order chi connectivity index (χ1) is 12.5. The Bertz CT molecular complexity index is 820. The molecule has 8 nitrogen and oxygen atoms in total. The van der Waals surface area contributed by atoms with Gasteiger partial charge in [-0.25, -0.2) is 9.78 Å². The highest BCUT2D eigenvalue weighted by atomic mass is 16.5. The Morgan fingerprint density at radius 3 is 2.96 bits per heavy atom. The van der Waals surface area contributed by atoms with Crippen molar-refractivity contribution in [3.8, 4) is 5.75 Å². The van der Waals surface area contributed by atoms with Gasteiger partial charge in [-0.1, -0.05) is 0 Å². The van der Waals surface area contributed by atoms with Gasteiger partial charge in [0.05, 0.1) is 12.2 Å². The van der Waals surface area contributed by atoms with Gasteiger partial charge < -0.3 is 14.5 Å². The summed E-state index contributed by atoms with van der Waals surface area (Å²) in [7, 11) is 3.98. The topological polar surface area (TPSA) is 80.6 Å². The number of pyridine rings is 1. The van der Waals surface area contributed by atoms with Crippen LogP contribution in [0.15, 0.2) is 41.6 Å². The van der Waals surface area contributed by atoms with E-state index in [0.717, 1.165) is 24.4 Å². The smallest absolute Gasteiger partial charge is 0.347 e. The molecule has 1 saturated heterocycles. The quantitative estimate of drug-likeness (QED) is 0.744. The van der Waals surface area contributed by atoms with Crippen LogP contribution in [0.4, 0.5) is 0 Å². The zero-order valence-electron chi connectivity index (χ0n) is 15.0. The fraction of sp³-hybridized carbons (Fsp3) is 0.444. The number of aromatic nitrogens is 3. The molecule has 1 amide bonds. The summed E-state index contributed by atoms with van der Waals surface area (Å²) in [5, 5.41) is 0. The number of likely N-dealkylation sites (tertiary alicyclic amines) is 1. The summed E-state index contributed by atoms with van der Waals surface area (Å²) in [6, 6.07) is 5.40. The van der Waals surface area contributed by atoms with E-state index in [1.165, 1.54) is 10.8 Å². The lowest BCUT2D eigenvalue weighted by Crippen LogP contribution is -2.36. The molecule has 0 aliphatic carbocycles. The number of hydrogen-bond donors (Lipinski definition) is 0. The number of carbonyl (C=O) groups excluding carboxylic acids is 1. The summed E-state index contributed by atoms with van der Waals surface area (Å²) >= 11 is 0. The molecule has 1 aliphatic heterocycles. The molecule has 8 heteroatoms. The van der Waals surface area contributed by atoms with Crippen LogP contribution in [-0.4, -0.2) is 63.5 Å². The van der Waals surface area contributed by atoms with E-state index in [0.29, 0.717) is 13.1 Å². The van der Waals surface area contributed by atoms with Crippen LogP contribution in [0, 0.1) is 0 Å². The largest absolute Gasteiger partial charge is 0.488 e. The molecule has 3 rings (SSSR count). The normalized spacial score (nSPS) is 16.9. The van der Waals surface area contributed by atoms with Crippen LogP contribution in [0.2, 0.25) is 0 Å². The molecule has 138 valence electrons. The van der Waals surface area contributed by atoms with Crippen LogP contribution in [0.25, 0.3) is 0 Å². The van der Waals surface area contributed by atoms with Crippen LogP contribution >= 0.6 is 0 Å². The van der Waals surface area contributed by atoms with E-state index in [2.05, 4.69) is 9.97 Å². The minimum absolute atomic E-state index is 0.00162. The molecule has 0 bridgehead atoms. The number of amides is 1. The van der Waals surface area contributed by atoms with Crippen molar-refractivity contribution < 1.29 is 9.53 Å². The molecule has 2 aromatic heterocycles.